The minimum atomic E-state index is 0.211. The van der Waals surface area contributed by atoms with Crippen LogP contribution in [0.25, 0.3) is 0 Å². The number of amides is 1. The minimum Gasteiger partial charge on any atom is -0.494 e. The summed E-state index contributed by atoms with van der Waals surface area (Å²) in [6.07, 6.45) is 1.59. The van der Waals surface area contributed by atoms with E-state index in [1.165, 1.54) is 0 Å². The normalized spacial score (nSPS) is 14.3. The lowest BCUT2D eigenvalue weighted by Crippen LogP contribution is -2.36. The van der Waals surface area contributed by atoms with E-state index in [1.807, 2.05) is 60.4 Å². The molecule has 0 spiro atoms. The number of carbonyl (C=O) groups is 1. The van der Waals surface area contributed by atoms with Crippen LogP contribution in [-0.4, -0.2) is 32.1 Å². The molecule has 0 aromatic heterocycles. The fraction of sp³-hybridized carbons (Fsp3) is 0.364. The highest BCUT2D eigenvalue weighted by Gasteiger charge is 2.21. The van der Waals surface area contributed by atoms with Gasteiger partial charge in [0.05, 0.1) is 6.61 Å². The van der Waals surface area contributed by atoms with Crippen molar-refractivity contribution in [3.05, 3.63) is 59.7 Å². The third-order valence-electron chi connectivity index (χ3n) is 4.72. The highest BCUT2D eigenvalue weighted by molar-refractivity contribution is 5.95. The van der Waals surface area contributed by atoms with Crippen LogP contribution in [0.5, 0.6) is 5.75 Å². The molecule has 6 nitrogen and oxygen atoms in total. The lowest BCUT2D eigenvalue weighted by Gasteiger charge is -2.17. The number of ether oxygens (including phenoxy) is 1. The number of nitrogens with zero attached hydrogens (tertiary/aromatic N) is 2. The Morgan fingerprint density at radius 3 is 2.54 bits per heavy atom. The molecule has 0 atom stereocenters. The van der Waals surface area contributed by atoms with Gasteiger partial charge in [-0.1, -0.05) is 30.3 Å². The number of rotatable bonds is 7. The van der Waals surface area contributed by atoms with E-state index < -0.39 is 0 Å². The van der Waals surface area contributed by atoms with Crippen molar-refractivity contribution in [2.75, 3.05) is 25.1 Å². The second-order valence-electron chi connectivity index (χ2n) is 6.64. The van der Waals surface area contributed by atoms with E-state index in [-0.39, 0.29) is 5.91 Å². The molecule has 1 heterocycles. The molecule has 1 amide bonds. The summed E-state index contributed by atoms with van der Waals surface area (Å²) in [6.45, 7) is 4.72. The van der Waals surface area contributed by atoms with Crippen LogP contribution in [0, 0.1) is 0 Å². The van der Waals surface area contributed by atoms with Crippen molar-refractivity contribution in [1.82, 2.24) is 10.6 Å². The van der Waals surface area contributed by atoms with Crippen LogP contribution in [0.2, 0.25) is 0 Å². The van der Waals surface area contributed by atoms with Gasteiger partial charge in [-0.2, -0.15) is 0 Å². The van der Waals surface area contributed by atoms with Crippen molar-refractivity contribution >= 4 is 17.6 Å². The molecule has 0 unspecified atom stereocenters. The largest absolute Gasteiger partial charge is 0.494 e. The van der Waals surface area contributed by atoms with Gasteiger partial charge in [0.25, 0.3) is 0 Å². The summed E-state index contributed by atoms with van der Waals surface area (Å²) in [6, 6.07) is 16.1. The quantitative estimate of drug-likeness (QED) is 0.572. The summed E-state index contributed by atoms with van der Waals surface area (Å²) in [7, 11) is 1.76. The van der Waals surface area contributed by atoms with Gasteiger partial charge in [-0.25, -0.2) is 0 Å². The van der Waals surface area contributed by atoms with Crippen LogP contribution in [-0.2, 0) is 17.9 Å². The van der Waals surface area contributed by atoms with Crippen molar-refractivity contribution in [3.63, 3.8) is 0 Å². The second-order valence-corrected chi connectivity index (χ2v) is 6.64. The molecular weight excluding hydrogens is 352 g/mol. The zero-order valence-electron chi connectivity index (χ0n) is 16.6. The Bertz CT molecular complexity index is 818. The molecule has 1 aliphatic heterocycles. The van der Waals surface area contributed by atoms with Crippen LogP contribution in [0.15, 0.2) is 53.5 Å². The zero-order valence-corrected chi connectivity index (χ0v) is 16.6. The first kappa shape index (κ1) is 19.7. The molecule has 1 aliphatic rings. The molecule has 0 radical (unpaired) electrons. The Morgan fingerprint density at radius 2 is 1.86 bits per heavy atom. The van der Waals surface area contributed by atoms with Gasteiger partial charge < -0.3 is 20.3 Å². The van der Waals surface area contributed by atoms with E-state index in [0.29, 0.717) is 26.1 Å². The summed E-state index contributed by atoms with van der Waals surface area (Å²) in [4.78, 5) is 18.0. The van der Waals surface area contributed by atoms with Gasteiger partial charge in [0.1, 0.15) is 5.75 Å². The molecule has 28 heavy (non-hydrogen) atoms. The number of guanidine groups is 1. The van der Waals surface area contributed by atoms with Crippen LogP contribution in [0.1, 0.15) is 30.9 Å². The molecule has 3 rings (SSSR count). The van der Waals surface area contributed by atoms with Gasteiger partial charge in [-0.05, 0) is 37.1 Å². The fourth-order valence-electron chi connectivity index (χ4n) is 3.25. The summed E-state index contributed by atoms with van der Waals surface area (Å²) in [5.41, 5.74) is 3.20. The average molecular weight is 380 g/mol. The van der Waals surface area contributed by atoms with Crippen molar-refractivity contribution < 1.29 is 9.53 Å². The number of para-hydroxylation sites is 1. The number of anilines is 1. The predicted octanol–water partition coefficient (Wildman–Crippen LogP) is 3.08. The molecule has 0 aliphatic carbocycles. The zero-order chi connectivity index (χ0) is 19.8. The first-order valence-electron chi connectivity index (χ1n) is 9.75. The van der Waals surface area contributed by atoms with Crippen molar-refractivity contribution in [1.29, 1.82) is 0 Å². The standard InChI is InChI=1S/C22H28N4O2/c1-3-28-20-8-5-4-7-18(20)16-25-22(23-2)24-15-17-10-12-19(13-11-17)26-14-6-9-21(26)27/h4-5,7-8,10-13H,3,6,9,14-16H2,1-2H3,(H2,23,24,25). The van der Waals surface area contributed by atoms with Gasteiger partial charge in [0.15, 0.2) is 5.96 Å². The van der Waals surface area contributed by atoms with Crippen molar-refractivity contribution in [2.45, 2.75) is 32.9 Å². The monoisotopic (exact) mass is 380 g/mol. The van der Waals surface area contributed by atoms with Crippen molar-refractivity contribution in [2.24, 2.45) is 4.99 Å². The van der Waals surface area contributed by atoms with E-state index in [1.54, 1.807) is 7.05 Å². The maximum absolute atomic E-state index is 11.8. The van der Waals surface area contributed by atoms with Crippen LogP contribution < -0.4 is 20.3 Å². The Balaban J connectivity index is 1.52. The van der Waals surface area contributed by atoms with Gasteiger partial charge in [0.2, 0.25) is 5.91 Å². The van der Waals surface area contributed by atoms with E-state index in [2.05, 4.69) is 15.6 Å². The van der Waals surface area contributed by atoms with E-state index >= 15 is 0 Å². The number of carbonyl (C=O) groups excluding carboxylic acids is 1. The molecule has 1 saturated heterocycles. The molecule has 1 fully saturated rings. The lowest BCUT2D eigenvalue weighted by atomic mass is 10.2. The number of benzene rings is 2. The molecule has 6 heteroatoms. The lowest BCUT2D eigenvalue weighted by molar-refractivity contribution is -0.117. The first-order valence-corrected chi connectivity index (χ1v) is 9.75. The number of nitrogens with one attached hydrogen (secondary N) is 2. The van der Waals surface area contributed by atoms with E-state index in [0.717, 1.165) is 41.5 Å². The summed E-state index contributed by atoms with van der Waals surface area (Å²) < 4.78 is 5.66. The fourth-order valence-corrected chi connectivity index (χ4v) is 3.25. The number of hydrogen-bond donors (Lipinski definition) is 2. The molecular formula is C22H28N4O2. The highest BCUT2D eigenvalue weighted by Crippen LogP contribution is 2.21. The number of aliphatic imine (C=N–C) groups is 1. The summed E-state index contributed by atoms with van der Waals surface area (Å²) >= 11 is 0. The Morgan fingerprint density at radius 1 is 1.11 bits per heavy atom. The molecule has 2 aromatic carbocycles. The van der Waals surface area contributed by atoms with Gasteiger partial charge in [-0.3, -0.25) is 9.79 Å². The third kappa shape index (κ3) is 5.03. The maximum atomic E-state index is 11.8. The van der Waals surface area contributed by atoms with Gasteiger partial charge >= 0.3 is 0 Å². The summed E-state index contributed by atoms with van der Waals surface area (Å²) in [5, 5.41) is 6.65. The molecule has 2 aromatic rings. The SMILES string of the molecule is CCOc1ccccc1CNC(=NC)NCc1ccc(N2CCCC2=O)cc1. The number of hydrogen-bond acceptors (Lipinski definition) is 3. The Labute approximate surface area is 166 Å². The minimum absolute atomic E-state index is 0.211. The summed E-state index contributed by atoms with van der Waals surface area (Å²) in [5.74, 6) is 1.83. The van der Waals surface area contributed by atoms with Crippen LogP contribution in [0.4, 0.5) is 5.69 Å². The molecule has 0 saturated carbocycles. The highest BCUT2D eigenvalue weighted by atomic mass is 16.5. The first-order chi connectivity index (χ1) is 13.7. The van der Waals surface area contributed by atoms with Gasteiger partial charge in [0, 0.05) is 44.4 Å². The van der Waals surface area contributed by atoms with E-state index in [4.69, 9.17) is 4.74 Å². The molecule has 2 N–H and O–H groups in total. The smallest absolute Gasteiger partial charge is 0.227 e. The second kappa shape index (κ2) is 9.78. The van der Waals surface area contributed by atoms with E-state index in [9.17, 15) is 4.79 Å². The van der Waals surface area contributed by atoms with Gasteiger partial charge in [-0.15, -0.1) is 0 Å². The van der Waals surface area contributed by atoms with Crippen molar-refractivity contribution in [3.8, 4) is 5.75 Å². The molecule has 148 valence electrons. The van der Waals surface area contributed by atoms with Crippen LogP contribution >= 0.6 is 0 Å². The maximum Gasteiger partial charge on any atom is 0.227 e. The topological polar surface area (TPSA) is 66.0 Å². The average Bonchev–Trinajstić information content (AvgIpc) is 3.16. The predicted molar refractivity (Wildman–Crippen MR) is 113 cm³/mol. The van der Waals surface area contributed by atoms with Crippen LogP contribution in [0.3, 0.4) is 0 Å². The third-order valence-corrected chi connectivity index (χ3v) is 4.72. The molecule has 0 bridgehead atoms. The Hall–Kier alpha value is -3.02. The Kier molecular flexibility index (Phi) is 6.89.